The van der Waals surface area contributed by atoms with Crippen molar-refractivity contribution in [3.63, 3.8) is 0 Å². The average molecular weight is 522 g/mol. The number of nitrogens with one attached hydrogen (secondary N) is 2. The molecule has 0 unspecified atom stereocenters. The molecule has 0 heterocycles. The highest BCUT2D eigenvalue weighted by molar-refractivity contribution is 5.91. The highest BCUT2D eigenvalue weighted by Crippen LogP contribution is 2.14. The molecule has 2 aromatic rings. The number of unbranched alkanes of at least 4 members (excludes halogenated alkanes) is 10. The molecule has 0 saturated carbocycles. The van der Waals surface area contributed by atoms with Gasteiger partial charge in [0.05, 0.1) is 18.3 Å². The van der Waals surface area contributed by atoms with Crippen molar-refractivity contribution < 1.29 is 19.1 Å². The first-order chi connectivity index (χ1) is 18.5. The van der Waals surface area contributed by atoms with Crippen LogP contribution in [0.4, 0.5) is 0 Å². The van der Waals surface area contributed by atoms with E-state index in [9.17, 15) is 14.4 Å². The zero-order chi connectivity index (χ0) is 27.4. The summed E-state index contributed by atoms with van der Waals surface area (Å²) in [5.74, 6) is -0.519. The number of hydrazone groups is 1. The molecule has 7 heteroatoms. The Morgan fingerprint density at radius 2 is 1.34 bits per heavy atom. The zero-order valence-corrected chi connectivity index (χ0v) is 23.0. The molecule has 2 amide bonds. The van der Waals surface area contributed by atoms with Crippen LogP contribution in [0.15, 0.2) is 53.6 Å². The molecule has 206 valence electrons. The van der Waals surface area contributed by atoms with Crippen LogP contribution >= 0.6 is 0 Å². The van der Waals surface area contributed by atoms with Gasteiger partial charge in [-0.2, -0.15) is 5.10 Å². The van der Waals surface area contributed by atoms with Crippen molar-refractivity contribution in [1.29, 1.82) is 0 Å². The molecule has 0 saturated heterocycles. The highest BCUT2D eigenvalue weighted by Gasteiger charge is 2.08. The fourth-order valence-corrected chi connectivity index (χ4v) is 3.91. The number of carbonyl (C=O) groups excluding carboxylic acids is 3. The van der Waals surface area contributed by atoms with Gasteiger partial charge in [0.2, 0.25) is 5.91 Å². The first-order valence-corrected chi connectivity index (χ1v) is 14.0. The third-order valence-corrected chi connectivity index (χ3v) is 6.23. The number of nitrogens with zero attached hydrogens (tertiary/aromatic N) is 1. The summed E-state index contributed by atoms with van der Waals surface area (Å²) < 4.78 is 5.37. The third kappa shape index (κ3) is 13.7. The predicted molar refractivity (Wildman–Crippen MR) is 152 cm³/mol. The molecule has 0 aliphatic rings. The van der Waals surface area contributed by atoms with Crippen LogP contribution in [-0.4, -0.2) is 30.5 Å². The van der Waals surface area contributed by atoms with E-state index in [4.69, 9.17) is 4.74 Å². The molecule has 2 aromatic carbocycles. The van der Waals surface area contributed by atoms with Crippen LogP contribution < -0.4 is 15.5 Å². The van der Waals surface area contributed by atoms with Gasteiger partial charge in [-0.3, -0.25) is 9.59 Å². The lowest BCUT2D eigenvalue weighted by molar-refractivity contribution is -0.126. The minimum Gasteiger partial charge on any atom is -0.423 e. The van der Waals surface area contributed by atoms with E-state index in [1.807, 2.05) is 19.1 Å². The fourth-order valence-electron chi connectivity index (χ4n) is 3.91. The van der Waals surface area contributed by atoms with Gasteiger partial charge in [0.25, 0.3) is 5.91 Å². The Morgan fingerprint density at radius 3 is 1.95 bits per heavy atom. The Morgan fingerprint density at radius 1 is 0.763 bits per heavy atom. The number of hydrogen-bond donors (Lipinski definition) is 2. The second-order valence-corrected chi connectivity index (χ2v) is 9.68. The summed E-state index contributed by atoms with van der Waals surface area (Å²) in [6.07, 6.45) is 15.5. The minimum absolute atomic E-state index is 0.109. The summed E-state index contributed by atoms with van der Waals surface area (Å²) >= 11 is 0. The number of esters is 1. The van der Waals surface area contributed by atoms with Crippen molar-refractivity contribution >= 4 is 24.0 Å². The van der Waals surface area contributed by atoms with Gasteiger partial charge in [-0.25, -0.2) is 10.2 Å². The fraction of sp³-hybridized carbons (Fsp3) is 0.484. The van der Waals surface area contributed by atoms with Gasteiger partial charge >= 0.3 is 5.97 Å². The molecule has 0 aromatic heterocycles. The number of carbonyl (C=O) groups is 3. The van der Waals surface area contributed by atoms with Crippen molar-refractivity contribution in [2.75, 3.05) is 6.54 Å². The van der Waals surface area contributed by atoms with Gasteiger partial charge in [0.1, 0.15) is 5.75 Å². The van der Waals surface area contributed by atoms with Gasteiger partial charge in [-0.15, -0.1) is 0 Å². The van der Waals surface area contributed by atoms with Crippen LogP contribution in [0.2, 0.25) is 0 Å². The number of ether oxygens (including phenoxy) is 1. The van der Waals surface area contributed by atoms with Crippen LogP contribution in [0, 0.1) is 6.92 Å². The second kappa shape index (κ2) is 18.7. The molecule has 2 rings (SSSR count). The summed E-state index contributed by atoms with van der Waals surface area (Å²) in [4.78, 5) is 36.1. The highest BCUT2D eigenvalue weighted by atomic mass is 16.5. The lowest BCUT2D eigenvalue weighted by Gasteiger charge is -2.05. The Hall–Kier alpha value is -3.48. The monoisotopic (exact) mass is 521 g/mol. The van der Waals surface area contributed by atoms with Gasteiger partial charge < -0.3 is 10.1 Å². The SMILES string of the molecule is CCCCCCCCCCCCCC(=O)NCC(=O)N/N=C\c1ccc(OC(=O)c2ccc(C)cc2)cc1. The number of hydrogen-bond acceptors (Lipinski definition) is 5. The molecule has 0 aliphatic heterocycles. The van der Waals surface area contributed by atoms with E-state index in [-0.39, 0.29) is 12.5 Å². The van der Waals surface area contributed by atoms with E-state index >= 15 is 0 Å². The first-order valence-electron chi connectivity index (χ1n) is 14.0. The Labute approximate surface area is 227 Å². The van der Waals surface area contributed by atoms with E-state index in [1.165, 1.54) is 57.6 Å². The van der Waals surface area contributed by atoms with Crippen LogP contribution in [0.3, 0.4) is 0 Å². The number of amides is 2. The molecule has 0 bridgehead atoms. The summed E-state index contributed by atoms with van der Waals surface area (Å²) in [7, 11) is 0. The predicted octanol–water partition coefficient (Wildman–Crippen LogP) is 6.48. The zero-order valence-electron chi connectivity index (χ0n) is 23.0. The van der Waals surface area contributed by atoms with Crippen molar-refractivity contribution in [3.8, 4) is 5.75 Å². The molecular weight excluding hydrogens is 478 g/mol. The van der Waals surface area contributed by atoms with Gasteiger partial charge in [-0.05, 0) is 55.3 Å². The van der Waals surface area contributed by atoms with Crippen LogP contribution in [0.1, 0.15) is 105 Å². The standard InChI is InChI=1S/C31H43N3O4/c1-3-4-5-6-7-8-9-10-11-12-13-14-29(35)32-24-30(36)34-33-23-26-17-21-28(22-18-26)38-31(37)27-19-15-25(2)16-20-27/h15-23H,3-14,24H2,1-2H3,(H,32,35)(H,34,36)/b33-23-. The smallest absolute Gasteiger partial charge is 0.343 e. The molecule has 0 aliphatic carbocycles. The number of benzene rings is 2. The maximum atomic E-state index is 12.2. The quantitative estimate of drug-likeness (QED) is 0.0771. The van der Waals surface area contributed by atoms with Crippen molar-refractivity contribution in [1.82, 2.24) is 10.7 Å². The first kappa shape index (κ1) is 30.7. The van der Waals surface area contributed by atoms with Crippen molar-refractivity contribution in [2.45, 2.75) is 90.9 Å². The number of rotatable bonds is 18. The summed E-state index contributed by atoms with van der Waals surface area (Å²) in [6.45, 7) is 4.08. The lowest BCUT2D eigenvalue weighted by atomic mass is 10.1. The molecule has 38 heavy (non-hydrogen) atoms. The summed E-state index contributed by atoms with van der Waals surface area (Å²) in [5, 5.41) is 6.55. The van der Waals surface area contributed by atoms with Crippen molar-refractivity contribution in [2.24, 2.45) is 5.10 Å². The Balaban J connectivity index is 1.53. The average Bonchev–Trinajstić information content (AvgIpc) is 2.92. The molecule has 0 atom stereocenters. The second-order valence-electron chi connectivity index (χ2n) is 9.68. The maximum Gasteiger partial charge on any atom is 0.343 e. The van der Waals surface area contributed by atoms with Crippen LogP contribution in [0.5, 0.6) is 5.75 Å². The Bertz CT molecular complexity index is 1000. The molecule has 7 nitrogen and oxygen atoms in total. The van der Waals surface area contributed by atoms with Gasteiger partial charge in [0, 0.05) is 6.42 Å². The normalized spacial score (nSPS) is 10.9. The van der Waals surface area contributed by atoms with Gasteiger partial charge in [0.15, 0.2) is 0 Å². The third-order valence-electron chi connectivity index (χ3n) is 6.23. The molecule has 0 fully saturated rings. The molecule has 0 radical (unpaired) electrons. The molecule has 0 spiro atoms. The maximum absolute atomic E-state index is 12.2. The molecule has 2 N–H and O–H groups in total. The van der Waals surface area contributed by atoms with E-state index in [1.54, 1.807) is 36.4 Å². The van der Waals surface area contributed by atoms with Crippen LogP contribution in [0.25, 0.3) is 0 Å². The van der Waals surface area contributed by atoms with E-state index < -0.39 is 11.9 Å². The van der Waals surface area contributed by atoms with Gasteiger partial charge in [-0.1, -0.05) is 88.8 Å². The van der Waals surface area contributed by atoms with E-state index in [2.05, 4.69) is 22.8 Å². The Kier molecular flexibility index (Phi) is 15.1. The van der Waals surface area contributed by atoms with E-state index in [0.29, 0.717) is 17.7 Å². The lowest BCUT2D eigenvalue weighted by Crippen LogP contribution is -2.34. The largest absolute Gasteiger partial charge is 0.423 e. The minimum atomic E-state index is -0.427. The topological polar surface area (TPSA) is 96.9 Å². The number of aryl methyl sites for hydroxylation is 1. The molecular formula is C31H43N3O4. The van der Waals surface area contributed by atoms with Crippen LogP contribution in [-0.2, 0) is 9.59 Å². The van der Waals surface area contributed by atoms with E-state index in [0.717, 1.165) is 30.4 Å². The summed E-state index contributed by atoms with van der Waals surface area (Å²) in [5.41, 5.74) is 4.67. The van der Waals surface area contributed by atoms with Crippen molar-refractivity contribution in [3.05, 3.63) is 65.2 Å². The summed E-state index contributed by atoms with van der Waals surface area (Å²) in [6, 6.07) is 13.9.